The predicted molar refractivity (Wildman–Crippen MR) is 71.9 cm³/mol. The number of nitrogens with one attached hydrogen (secondary N) is 1. The topological polar surface area (TPSA) is 21.3 Å². The van der Waals surface area contributed by atoms with E-state index in [0.29, 0.717) is 0 Å². The van der Waals surface area contributed by atoms with Crippen molar-refractivity contribution >= 4 is 11.6 Å². The summed E-state index contributed by atoms with van der Waals surface area (Å²) >= 11 is 5.95. The molecule has 2 nitrogen and oxygen atoms in total. The van der Waals surface area contributed by atoms with Gasteiger partial charge in [-0.25, -0.2) is 0 Å². The van der Waals surface area contributed by atoms with Crippen molar-refractivity contribution in [2.45, 2.75) is 38.2 Å². The lowest BCUT2D eigenvalue weighted by molar-refractivity contribution is -0.0144. The molecule has 0 saturated heterocycles. The van der Waals surface area contributed by atoms with E-state index in [1.54, 1.807) is 0 Å². The average molecular weight is 254 g/mol. The van der Waals surface area contributed by atoms with Gasteiger partial charge in [0.05, 0.1) is 0 Å². The van der Waals surface area contributed by atoms with Crippen molar-refractivity contribution in [1.29, 1.82) is 0 Å². The molecule has 0 aliphatic heterocycles. The zero-order valence-electron chi connectivity index (χ0n) is 10.6. The van der Waals surface area contributed by atoms with Gasteiger partial charge in [0, 0.05) is 5.02 Å². The first-order valence-electron chi connectivity index (χ1n) is 6.25. The highest BCUT2D eigenvalue weighted by atomic mass is 35.5. The number of ether oxygens (including phenoxy) is 1. The first-order valence-corrected chi connectivity index (χ1v) is 6.63. The molecule has 0 unspecified atom stereocenters. The number of hydrogen-bond donors (Lipinski definition) is 1. The van der Waals surface area contributed by atoms with Gasteiger partial charge in [-0.2, -0.15) is 0 Å². The fraction of sp³-hybridized carbons (Fsp3) is 0.571. The fourth-order valence-corrected chi connectivity index (χ4v) is 2.51. The fourth-order valence-electron chi connectivity index (χ4n) is 2.29. The highest BCUT2D eigenvalue weighted by molar-refractivity contribution is 6.30. The Morgan fingerprint density at radius 2 is 2.18 bits per heavy atom. The van der Waals surface area contributed by atoms with Crippen LogP contribution in [-0.4, -0.2) is 19.2 Å². The van der Waals surface area contributed by atoms with E-state index >= 15 is 0 Å². The third-order valence-corrected chi connectivity index (χ3v) is 3.79. The van der Waals surface area contributed by atoms with Crippen molar-refractivity contribution in [3.05, 3.63) is 28.8 Å². The van der Waals surface area contributed by atoms with E-state index in [1.165, 1.54) is 6.42 Å². The van der Waals surface area contributed by atoms with Crippen LogP contribution in [-0.2, 0) is 0 Å². The molecular formula is C14H20ClNO. The van der Waals surface area contributed by atoms with E-state index in [2.05, 4.69) is 5.32 Å². The normalized spacial score (nSPS) is 17.6. The second kappa shape index (κ2) is 5.28. The quantitative estimate of drug-likeness (QED) is 0.866. The van der Waals surface area contributed by atoms with Crippen LogP contribution in [0.1, 0.15) is 31.2 Å². The Morgan fingerprint density at radius 3 is 2.71 bits per heavy atom. The summed E-state index contributed by atoms with van der Waals surface area (Å²) in [6.45, 7) is 3.05. The van der Waals surface area contributed by atoms with E-state index in [0.717, 1.165) is 42.1 Å². The molecule has 0 amide bonds. The van der Waals surface area contributed by atoms with Crippen LogP contribution in [0.5, 0.6) is 5.75 Å². The summed E-state index contributed by atoms with van der Waals surface area (Å²) in [6.07, 6.45) is 4.68. The second-order valence-corrected chi connectivity index (χ2v) is 5.34. The number of rotatable bonds is 5. The molecule has 2 rings (SSSR count). The minimum absolute atomic E-state index is 0.0571. The van der Waals surface area contributed by atoms with Crippen LogP contribution in [0.15, 0.2) is 18.2 Å². The van der Waals surface area contributed by atoms with Crippen LogP contribution in [0.25, 0.3) is 0 Å². The van der Waals surface area contributed by atoms with Gasteiger partial charge in [0.2, 0.25) is 0 Å². The van der Waals surface area contributed by atoms with Gasteiger partial charge in [0.15, 0.2) is 0 Å². The summed E-state index contributed by atoms with van der Waals surface area (Å²) in [7, 11) is 1.99. The summed E-state index contributed by atoms with van der Waals surface area (Å²) < 4.78 is 6.23. The van der Waals surface area contributed by atoms with Gasteiger partial charge in [-0.3, -0.25) is 0 Å². The molecule has 0 heterocycles. The van der Waals surface area contributed by atoms with Gasteiger partial charge in [-0.05, 0) is 70.0 Å². The van der Waals surface area contributed by atoms with Crippen LogP contribution < -0.4 is 10.1 Å². The smallest absolute Gasteiger partial charge is 0.123 e. The van der Waals surface area contributed by atoms with Crippen molar-refractivity contribution in [2.75, 3.05) is 13.6 Å². The molecule has 0 atom stereocenters. The summed E-state index contributed by atoms with van der Waals surface area (Å²) in [5, 5.41) is 3.97. The molecule has 1 aromatic carbocycles. The van der Waals surface area contributed by atoms with Crippen LogP contribution in [0.2, 0.25) is 5.02 Å². The molecule has 0 bridgehead atoms. The number of hydrogen-bond acceptors (Lipinski definition) is 2. The molecule has 1 aliphatic rings. The second-order valence-electron chi connectivity index (χ2n) is 4.90. The monoisotopic (exact) mass is 253 g/mol. The summed E-state index contributed by atoms with van der Waals surface area (Å²) in [5.74, 6) is 0.977. The third kappa shape index (κ3) is 2.93. The van der Waals surface area contributed by atoms with Crippen LogP contribution in [0.4, 0.5) is 0 Å². The van der Waals surface area contributed by atoms with Gasteiger partial charge in [0.1, 0.15) is 11.4 Å². The summed E-state index contributed by atoms with van der Waals surface area (Å²) in [5.41, 5.74) is 1.18. The van der Waals surface area contributed by atoms with E-state index in [1.807, 2.05) is 32.2 Å². The molecule has 0 radical (unpaired) electrons. The van der Waals surface area contributed by atoms with E-state index in [-0.39, 0.29) is 5.60 Å². The molecule has 1 aromatic rings. The Labute approximate surface area is 108 Å². The molecule has 1 N–H and O–H groups in total. The predicted octanol–water partition coefficient (Wildman–Crippen LogP) is 3.56. The Morgan fingerprint density at radius 1 is 1.41 bits per heavy atom. The van der Waals surface area contributed by atoms with Gasteiger partial charge in [-0.1, -0.05) is 11.6 Å². The molecule has 1 fully saturated rings. The lowest BCUT2D eigenvalue weighted by Crippen LogP contribution is -2.45. The van der Waals surface area contributed by atoms with Crippen molar-refractivity contribution in [3.8, 4) is 5.75 Å². The maximum absolute atomic E-state index is 6.23. The molecule has 3 heteroatoms. The van der Waals surface area contributed by atoms with E-state index in [4.69, 9.17) is 16.3 Å². The zero-order chi connectivity index (χ0) is 12.3. The lowest BCUT2D eigenvalue weighted by atomic mass is 9.77. The molecule has 0 spiro atoms. The minimum atomic E-state index is 0.0571. The van der Waals surface area contributed by atoms with Gasteiger partial charge in [0.25, 0.3) is 0 Å². The zero-order valence-corrected chi connectivity index (χ0v) is 11.3. The number of aryl methyl sites for hydroxylation is 1. The first kappa shape index (κ1) is 12.7. The van der Waals surface area contributed by atoms with Gasteiger partial charge in [-0.15, -0.1) is 0 Å². The lowest BCUT2D eigenvalue weighted by Gasteiger charge is -2.42. The molecule has 1 aliphatic carbocycles. The largest absolute Gasteiger partial charge is 0.487 e. The molecule has 17 heavy (non-hydrogen) atoms. The standard InChI is InChI=1S/C14H20ClNO/c1-11-10-12(15)4-5-13(11)17-14(6-3-7-14)8-9-16-2/h4-5,10,16H,3,6-9H2,1-2H3. The van der Waals surface area contributed by atoms with E-state index in [9.17, 15) is 0 Å². The van der Waals surface area contributed by atoms with Crippen molar-refractivity contribution in [3.63, 3.8) is 0 Å². The summed E-state index contributed by atoms with van der Waals surface area (Å²) in [4.78, 5) is 0. The van der Waals surface area contributed by atoms with Gasteiger partial charge < -0.3 is 10.1 Å². The Bertz CT molecular complexity index is 388. The van der Waals surface area contributed by atoms with E-state index < -0.39 is 0 Å². The van der Waals surface area contributed by atoms with Gasteiger partial charge >= 0.3 is 0 Å². The average Bonchev–Trinajstić information content (AvgIpc) is 2.25. The third-order valence-electron chi connectivity index (χ3n) is 3.56. The number of benzene rings is 1. The van der Waals surface area contributed by atoms with Crippen LogP contribution in [0, 0.1) is 6.92 Å². The van der Waals surface area contributed by atoms with Crippen molar-refractivity contribution in [2.24, 2.45) is 0 Å². The maximum Gasteiger partial charge on any atom is 0.123 e. The highest BCUT2D eigenvalue weighted by Gasteiger charge is 2.38. The molecule has 0 aromatic heterocycles. The van der Waals surface area contributed by atoms with Crippen LogP contribution >= 0.6 is 11.6 Å². The molecule has 1 saturated carbocycles. The summed E-state index contributed by atoms with van der Waals surface area (Å²) in [6, 6.07) is 5.84. The molecular weight excluding hydrogens is 234 g/mol. The minimum Gasteiger partial charge on any atom is -0.487 e. The highest BCUT2D eigenvalue weighted by Crippen LogP contribution is 2.40. The van der Waals surface area contributed by atoms with Crippen LogP contribution in [0.3, 0.4) is 0 Å². The number of halogens is 1. The Balaban J connectivity index is 2.07. The van der Waals surface area contributed by atoms with Crippen molar-refractivity contribution < 1.29 is 4.74 Å². The molecule has 94 valence electrons. The Kier molecular flexibility index (Phi) is 3.95. The SMILES string of the molecule is CNCCC1(Oc2ccc(Cl)cc2C)CCC1. The maximum atomic E-state index is 6.23. The first-order chi connectivity index (χ1) is 8.15. The Hall–Kier alpha value is -0.730. The van der Waals surface area contributed by atoms with Crippen molar-refractivity contribution in [1.82, 2.24) is 5.32 Å².